The molecule has 1 aromatic carbocycles. The van der Waals surface area contributed by atoms with Crippen molar-refractivity contribution in [1.29, 1.82) is 0 Å². The lowest BCUT2D eigenvalue weighted by molar-refractivity contribution is -0.137. The number of aryl methyl sites for hydroxylation is 1. The first-order valence-electron chi connectivity index (χ1n) is 6.27. The molecule has 1 unspecified atom stereocenters. The Kier molecular flexibility index (Phi) is 6.32. The molecule has 0 aliphatic carbocycles. The molecule has 106 valence electrons. The van der Waals surface area contributed by atoms with Crippen molar-refractivity contribution in [1.82, 2.24) is 5.32 Å². The summed E-state index contributed by atoms with van der Waals surface area (Å²) in [6.45, 7) is 2.95. The summed E-state index contributed by atoms with van der Waals surface area (Å²) in [7, 11) is 1.62. The van der Waals surface area contributed by atoms with Gasteiger partial charge in [-0.2, -0.15) is 0 Å². The molecular formula is C14H21NO4. The minimum atomic E-state index is -0.889. The van der Waals surface area contributed by atoms with Gasteiger partial charge in [0, 0.05) is 25.1 Å². The highest BCUT2D eigenvalue weighted by molar-refractivity contribution is 5.66. The number of methoxy groups -OCH3 is 1. The molecule has 0 aromatic heterocycles. The largest absolute Gasteiger partial charge is 0.496 e. The fourth-order valence-electron chi connectivity index (χ4n) is 1.81. The Morgan fingerprint density at radius 2 is 2.21 bits per heavy atom. The van der Waals surface area contributed by atoms with E-state index in [9.17, 15) is 9.90 Å². The van der Waals surface area contributed by atoms with Crippen molar-refractivity contribution in [2.24, 2.45) is 0 Å². The zero-order valence-electron chi connectivity index (χ0n) is 11.3. The van der Waals surface area contributed by atoms with E-state index >= 15 is 0 Å². The Morgan fingerprint density at radius 1 is 1.47 bits per heavy atom. The van der Waals surface area contributed by atoms with Gasteiger partial charge in [0.1, 0.15) is 5.75 Å². The summed E-state index contributed by atoms with van der Waals surface area (Å²) >= 11 is 0. The lowest BCUT2D eigenvalue weighted by Gasteiger charge is -2.13. The molecule has 0 radical (unpaired) electrons. The zero-order chi connectivity index (χ0) is 14.3. The van der Waals surface area contributed by atoms with E-state index in [1.165, 1.54) is 0 Å². The number of aliphatic hydroxyl groups is 1. The molecule has 0 heterocycles. The van der Waals surface area contributed by atoms with Gasteiger partial charge >= 0.3 is 5.97 Å². The quantitative estimate of drug-likeness (QED) is 0.662. The maximum Gasteiger partial charge on any atom is 0.303 e. The van der Waals surface area contributed by atoms with Crippen molar-refractivity contribution in [2.45, 2.75) is 32.4 Å². The monoisotopic (exact) mass is 267 g/mol. The number of rotatable bonds is 8. The Labute approximate surface area is 113 Å². The summed E-state index contributed by atoms with van der Waals surface area (Å²) in [6, 6.07) is 5.91. The molecule has 0 saturated heterocycles. The van der Waals surface area contributed by atoms with Gasteiger partial charge in [-0.1, -0.05) is 17.7 Å². The number of carboxylic acid groups (broad SMARTS) is 1. The van der Waals surface area contributed by atoms with Gasteiger partial charge in [-0.25, -0.2) is 0 Å². The average Bonchev–Trinajstić information content (AvgIpc) is 2.36. The van der Waals surface area contributed by atoms with E-state index in [2.05, 4.69) is 5.32 Å². The second kappa shape index (κ2) is 7.76. The van der Waals surface area contributed by atoms with Crippen LogP contribution in [0.2, 0.25) is 0 Å². The van der Waals surface area contributed by atoms with Crippen LogP contribution in [0.5, 0.6) is 5.75 Å². The minimum absolute atomic E-state index is 0.0172. The number of benzene rings is 1. The van der Waals surface area contributed by atoms with Crippen LogP contribution in [0.1, 0.15) is 24.0 Å². The van der Waals surface area contributed by atoms with Gasteiger partial charge in [0.2, 0.25) is 0 Å². The molecule has 1 aromatic rings. The molecule has 1 rings (SSSR count). The van der Waals surface area contributed by atoms with Gasteiger partial charge in [-0.05, 0) is 19.4 Å². The van der Waals surface area contributed by atoms with E-state index in [0.29, 0.717) is 13.1 Å². The van der Waals surface area contributed by atoms with Crippen LogP contribution < -0.4 is 10.1 Å². The number of aliphatic hydroxyl groups excluding tert-OH is 1. The summed E-state index contributed by atoms with van der Waals surface area (Å²) in [4.78, 5) is 10.4. The minimum Gasteiger partial charge on any atom is -0.496 e. The smallest absolute Gasteiger partial charge is 0.303 e. The molecule has 0 amide bonds. The number of nitrogens with one attached hydrogen (secondary N) is 1. The summed E-state index contributed by atoms with van der Waals surface area (Å²) in [6.07, 6.45) is -0.406. The SMILES string of the molecule is COc1ccc(C)cc1CNCC(O)CCC(=O)O. The lowest BCUT2D eigenvalue weighted by atomic mass is 10.1. The van der Waals surface area contributed by atoms with Crippen molar-refractivity contribution < 1.29 is 19.7 Å². The number of hydrogen-bond acceptors (Lipinski definition) is 4. The van der Waals surface area contributed by atoms with E-state index in [4.69, 9.17) is 9.84 Å². The van der Waals surface area contributed by atoms with Crippen LogP contribution in [-0.4, -0.2) is 35.9 Å². The third-order valence-electron chi connectivity index (χ3n) is 2.82. The van der Waals surface area contributed by atoms with Crippen LogP contribution in [0, 0.1) is 6.92 Å². The van der Waals surface area contributed by atoms with E-state index in [0.717, 1.165) is 16.9 Å². The van der Waals surface area contributed by atoms with Crippen LogP contribution in [-0.2, 0) is 11.3 Å². The van der Waals surface area contributed by atoms with Crippen molar-refractivity contribution in [3.63, 3.8) is 0 Å². The maximum absolute atomic E-state index is 10.4. The van der Waals surface area contributed by atoms with Crippen LogP contribution >= 0.6 is 0 Å². The lowest BCUT2D eigenvalue weighted by Crippen LogP contribution is -2.27. The Bertz CT molecular complexity index is 420. The number of ether oxygens (including phenoxy) is 1. The Morgan fingerprint density at radius 3 is 2.84 bits per heavy atom. The molecule has 3 N–H and O–H groups in total. The van der Waals surface area contributed by atoms with Gasteiger partial charge < -0.3 is 20.3 Å². The molecule has 0 bridgehead atoms. The number of carbonyl (C=O) groups is 1. The molecule has 0 spiro atoms. The first kappa shape index (κ1) is 15.5. The molecule has 1 atom stereocenters. The second-order valence-electron chi connectivity index (χ2n) is 4.53. The zero-order valence-corrected chi connectivity index (χ0v) is 11.3. The number of carboxylic acids is 1. The summed E-state index contributed by atoms with van der Waals surface area (Å²) in [5.74, 6) is -0.0856. The molecular weight excluding hydrogens is 246 g/mol. The van der Waals surface area contributed by atoms with Gasteiger partial charge in [0.15, 0.2) is 0 Å². The maximum atomic E-state index is 10.4. The molecule has 0 fully saturated rings. The van der Waals surface area contributed by atoms with Crippen molar-refractivity contribution in [3.8, 4) is 5.75 Å². The van der Waals surface area contributed by atoms with Crippen LogP contribution in [0.3, 0.4) is 0 Å². The van der Waals surface area contributed by atoms with E-state index in [-0.39, 0.29) is 12.8 Å². The number of aliphatic carboxylic acids is 1. The third-order valence-corrected chi connectivity index (χ3v) is 2.82. The second-order valence-corrected chi connectivity index (χ2v) is 4.53. The molecule has 0 aliphatic rings. The fraction of sp³-hybridized carbons (Fsp3) is 0.500. The van der Waals surface area contributed by atoms with Crippen LogP contribution in [0.25, 0.3) is 0 Å². The van der Waals surface area contributed by atoms with E-state index < -0.39 is 12.1 Å². The Balaban J connectivity index is 2.40. The highest BCUT2D eigenvalue weighted by Crippen LogP contribution is 2.19. The molecule has 5 nitrogen and oxygen atoms in total. The first-order chi connectivity index (χ1) is 9.02. The predicted molar refractivity (Wildman–Crippen MR) is 72.3 cm³/mol. The normalized spacial score (nSPS) is 12.2. The predicted octanol–water partition coefficient (Wildman–Crippen LogP) is 1.32. The summed E-state index contributed by atoms with van der Waals surface area (Å²) < 4.78 is 5.26. The van der Waals surface area contributed by atoms with Crippen LogP contribution in [0.15, 0.2) is 18.2 Å². The fourth-order valence-corrected chi connectivity index (χ4v) is 1.81. The molecule has 5 heteroatoms. The Hall–Kier alpha value is -1.59. The highest BCUT2D eigenvalue weighted by Gasteiger charge is 2.08. The molecule has 0 aliphatic heterocycles. The van der Waals surface area contributed by atoms with E-state index in [1.54, 1.807) is 7.11 Å². The van der Waals surface area contributed by atoms with Crippen LogP contribution in [0.4, 0.5) is 0 Å². The molecule has 0 saturated carbocycles. The van der Waals surface area contributed by atoms with E-state index in [1.807, 2.05) is 25.1 Å². The van der Waals surface area contributed by atoms with Crippen molar-refractivity contribution >= 4 is 5.97 Å². The molecule has 19 heavy (non-hydrogen) atoms. The standard InChI is InChI=1S/C14H21NO4/c1-10-3-5-13(19-2)11(7-10)8-15-9-12(16)4-6-14(17)18/h3,5,7,12,15-16H,4,6,8-9H2,1-2H3,(H,17,18). The van der Waals surface area contributed by atoms with Gasteiger partial charge in [-0.3, -0.25) is 4.79 Å². The average molecular weight is 267 g/mol. The van der Waals surface area contributed by atoms with Crippen molar-refractivity contribution in [3.05, 3.63) is 29.3 Å². The van der Waals surface area contributed by atoms with Gasteiger partial charge in [-0.15, -0.1) is 0 Å². The topological polar surface area (TPSA) is 78.8 Å². The third kappa shape index (κ3) is 5.72. The first-order valence-corrected chi connectivity index (χ1v) is 6.27. The number of hydrogen-bond donors (Lipinski definition) is 3. The van der Waals surface area contributed by atoms with Crippen molar-refractivity contribution in [2.75, 3.05) is 13.7 Å². The summed E-state index contributed by atoms with van der Waals surface area (Å²) in [5.41, 5.74) is 2.16. The van der Waals surface area contributed by atoms with Gasteiger partial charge in [0.05, 0.1) is 13.2 Å². The highest BCUT2D eigenvalue weighted by atomic mass is 16.5. The van der Waals surface area contributed by atoms with Gasteiger partial charge in [0.25, 0.3) is 0 Å². The summed E-state index contributed by atoms with van der Waals surface area (Å²) in [5, 5.41) is 21.2.